The normalized spacial score (nSPS) is 11.7. The summed E-state index contributed by atoms with van der Waals surface area (Å²) in [5, 5.41) is 3.52. The molecule has 5 aromatic carbocycles. The van der Waals surface area contributed by atoms with Crippen LogP contribution >= 0.6 is 11.6 Å². The molecule has 0 spiro atoms. The third-order valence-electron chi connectivity index (χ3n) is 7.76. The summed E-state index contributed by atoms with van der Waals surface area (Å²) in [5.41, 5.74) is 2.68. The van der Waals surface area contributed by atoms with Crippen LogP contribution in [0.4, 0.5) is 10.1 Å². The lowest BCUT2D eigenvalue weighted by molar-refractivity contribution is -0.142. The summed E-state index contributed by atoms with van der Waals surface area (Å²) in [6.45, 7) is -0.0948. The molecule has 12 heteroatoms. The van der Waals surface area contributed by atoms with E-state index >= 15 is 0 Å². The monoisotopic (exact) mass is 715 g/mol. The highest BCUT2D eigenvalue weighted by atomic mass is 35.5. The number of methoxy groups -OCH3 is 1. The van der Waals surface area contributed by atoms with Crippen molar-refractivity contribution in [1.29, 1.82) is 0 Å². The average Bonchev–Trinajstić information content (AvgIpc) is 3.13. The van der Waals surface area contributed by atoms with Crippen molar-refractivity contribution in [2.75, 3.05) is 18.4 Å². The van der Waals surface area contributed by atoms with Gasteiger partial charge in [0.15, 0.2) is 6.61 Å². The van der Waals surface area contributed by atoms with E-state index in [1.165, 1.54) is 41.3 Å². The molecule has 5 rings (SSSR count). The van der Waals surface area contributed by atoms with Gasteiger partial charge in [-0.25, -0.2) is 12.8 Å². The average molecular weight is 716 g/mol. The fourth-order valence-electron chi connectivity index (χ4n) is 5.07. The second-order valence-electron chi connectivity index (χ2n) is 11.3. The third-order valence-corrected chi connectivity index (χ3v) is 9.41. The van der Waals surface area contributed by atoms with E-state index in [0.717, 1.165) is 28.8 Å². The van der Waals surface area contributed by atoms with E-state index in [1.54, 1.807) is 43.5 Å². The molecule has 0 saturated carbocycles. The molecule has 0 aliphatic heterocycles. The van der Waals surface area contributed by atoms with E-state index < -0.39 is 34.4 Å². The van der Waals surface area contributed by atoms with Gasteiger partial charge < -0.3 is 19.7 Å². The van der Waals surface area contributed by atoms with Crippen molar-refractivity contribution in [3.8, 4) is 11.5 Å². The number of ether oxygens (including phenoxy) is 2. The number of hydrogen-bond acceptors (Lipinski definition) is 6. The zero-order valence-corrected chi connectivity index (χ0v) is 28.7. The van der Waals surface area contributed by atoms with Crippen molar-refractivity contribution in [2.45, 2.75) is 30.4 Å². The summed E-state index contributed by atoms with van der Waals surface area (Å²) >= 11 is 6.12. The Balaban J connectivity index is 1.34. The largest absolute Gasteiger partial charge is 0.497 e. The maximum Gasteiger partial charge on any atom is 0.261 e. The van der Waals surface area contributed by atoms with E-state index in [4.69, 9.17) is 21.1 Å². The van der Waals surface area contributed by atoms with Crippen LogP contribution in [0.5, 0.6) is 11.5 Å². The molecular formula is C38H35ClFN3O6S. The molecule has 0 aliphatic carbocycles. The van der Waals surface area contributed by atoms with Crippen LogP contribution in [-0.2, 0) is 39.1 Å². The highest BCUT2D eigenvalue weighted by Gasteiger charge is 2.31. The molecule has 9 nitrogen and oxygen atoms in total. The van der Waals surface area contributed by atoms with Crippen LogP contribution in [0, 0.1) is 5.82 Å². The molecule has 2 N–H and O–H groups in total. The van der Waals surface area contributed by atoms with Gasteiger partial charge in [0, 0.05) is 30.2 Å². The van der Waals surface area contributed by atoms with Crippen LogP contribution in [0.1, 0.15) is 16.7 Å². The Morgan fingerprint density at radius 1 is 0.780 bits per heavy atom. The van der Waals surface area contributed by atoms with Gasteiger partial charge in [0.25, 0.3) is 15.9 Å². The zero-order valence-electron chi connectivity index (χ0n) is 27.1. The van der Waals surface area contributed by atoms with Crippen LogP contribution < -0.4 is 19.5 Å². The van der Waals surface area contributed by atoms with Gasteiger partial charge in [0.2, 0.25) is 5.91 Å². The van der Waals surface area contributed by atoms with Crippen LogP contribution in [-0.4, -0.2) is 44.9 Å². The Labute approximate surface area is 295 Å². The minimum Gasteiger partial charge on any atom is -0.497 e. The number of hydrogen-bond donors (Lipinski definition) is 2. The van der Waals surface area contributed by atoms with Crippen LogP contribution in [0.3, 0.4) is 0 Å². The molecule has 0 aliphatic rings. The van der Waals surface area contributed by atoms with E-state index in [1.807, 2.05) is 42.5 Å². The number of sulfonamides is 1. The Kier molecular flexibility index (Phi) is 12.1. The molecule has 2 amide bonds. The second-order valence-corrected chi connectivity index (χ2v) is 13.4. The molecule has 0 unspecified atom stereocenters. The topological polar surface area (TPSA) is 114 Å². The summed E-state index contributed by atoms with van der Waals surface area (Å²) in [4.78, 5) is 29.3. The van der Waals surface area contributed by atoms with Gasteiger partial charge >= 0.3 is 0 Å². The Morgan fingerprint density at radius 3 is 2.04 bits per heavy atom. The number of halogens is 2. The molecular weight excluding hydrogens is 681 g/mol. The zero-order chi connectivity index (χ0) is 35.5. The predicted octanol–water partition coefficient (Wildman–Crippen LogP) is 6.62. The lowest BCUT2D eigenvalue weighted by Crippen LogP contribution is -2.51. The number of amides is 2. The summed E-state index contributed by atoms with van der Waals surface area (Å²) in [6.07, 6.45) is 0.238. The third kappa shape index (κ3) is 10.1. The maximum absolute atomic E-state index is 14.0. The van der Waals surface area contributed by atoms with Crippen LogP contribution in [0.2, 0.25) is 5.02 Å². The van der Waals surface area contributed by atoms with Crippen molar-refractivity contribution >= 4 is 39.1 Å². The molecule has 0 fully saturated rings. The summed E-state index contributed by atoms with van der Waals surface area (Å²) in [5.74, 6) is -0.365. The molecule has 0 heterocycles. The van der Waals surface area contributed by atoms with Crippen molar-refractivity contribution in [1.82, 2.24) is 10.2 Å². The summed E-state index contributed by atoms with van der Waals surface area (Å²) in [6, 6.07) is 33.3. The number of benzene rings is 5. The van der Waals surface area contributed by atoms with Gasteiger partial charge in [-0.2, -0.15) is 0 Å². The molecule has 1 atom stereocenters. The van der Waals surface area contributed by atoms with Gasteiger partial charge in [0.1, 0.15) is 23.4 Å². The fraction of sp³-hybridized carbons (Fsp3) is 0.158. The minimum absolute atomic E-state index is 0.0543. The number of carbonyl (C=O) groups is 2. The van der Waals surface area contributed by atoms with Crippen LogP contribution in [0.15, 0.2) is 132 Å². The summed E-state index contributed by atoms with van der Waals surface area (Å²) in [7, 11) is -2.39. The highest BCUT2D eigenvalue weighted by molar-refractivity contribution is 7.92. The number of nitrogens with one attached hydrogen (secondary N) is 2. The Hall–Kier alpha value is -5.39. The number of anilines is 1. The Morgan fingerprint density at radius 2 is 1.40 bits per heavy atom. The number of rotatable bonds is 15. The van der Waals surface area contributed by atoms with Crippen molar-refractivity contribution < 1.29 is 31.9 Å². The number of nitrogens with zero attached hydrogens (tertiary/aromatic N) is 1. The van der Waals surface area contributed by atoms with Gasteiger partial charge in [-0.3, -0.25) is 14.3 Å². The van der Waals surface area contributed by atoms with Crippen LogP contribution in [0.25, 0.3) is 0 Å². The van der Waals surface area contributed by atoms with Gasteiger partial charge in [0.05, 0.1) is 12.0 Å². The van der Waals surface area contributed by atoms with E-state index in [2.05, 4.69) is 10.0 Å². The van der Waals surface area contributed by atoms with Gasteiger partial charge in [-0.15, -0.1) is 0 Å². The smallest absolute Gasteiger partial charge is 0.261 e. The molecule has 50 heavy (non-hydrogen) atoms. The molecule has 0 aromatic heterocycles. The first-order valence-electron chi connectivity index (χ1n) is 15.6. The molecule has 258 valence electrons. The molecule has 0 bridgehead atoms. The predicted molar refractivity (Wildman–Crippen MR) is 190 cm³/mol. The lowest BCUT2D eigenvalue weighted by atomic mass is 10.0. The van der Waals surface area contributed by atoms with Gasteiger partial charge in [-0.05, 0) is 89.5 Å². The molecule has 0 saturated heterocycles. The first-order chi connectivity index (χ1) is 24.1. The second kappa shape index (κ2) is 16.8. The van der Waals surface area contributed by atoms with E-state index in [-0.39, 0.29) is 41.7 Å². The SMILES string of the molecule is COc1ccc(CNC(=O)[C@@H](Cc2ccccc2)N(Cc2ccc(Cl)cc2)C(=O)COc2ccc(S(=O)(=O)Nc3ccc(F)cc3)cc2)cc1. The standard InChI is InChI=1S/C38H35ClFN3O6S/c1-48-33-17-9-28(10-18-33)24-41-38(45)36(23-27-5-3-2-4-6-27)43(25-29-7-11-30(39)12-8-29)37(44)26-49-34-19-21-35(22-20-34)50(46,47)42-32-15-13-31(40)14-16-32/h2-22,36,42H,23-26H2,1H3,(H,41,45)/t36-/m1/s1. The highest BCUT2D eigenvalue weighted by Crippen LogP contribution is 2.21. The number of carbonyl (C=O) groups excluding carboxylic acids is 2. The maximum atomic E-state index is 14.0. The summed E-state index contributed by atoms with van der Waals surface area (Å²) < 4.78 is 52.4. The van der Waals surface area contributed by atoms with Crippen molar-refractivity contribution in [3.63, 3.8) is 0 Å². The fourth-order valence-corrected chi connectivity index (χ4v) is 6.25. The lowest BCUT2D eigenvalue weighted by Gasteiger charge is -2.31. The van der Waals surface area contributed by atoms with Gasteiger partial charge in [-0.1, -0.05) is 66.2 Å². The molecule has 0 radical (unpaired) electrons. The minimum atomic E-state index is -3.97. The first-order valence-corrected chi connectivity index (χ1v) is 17.5. The van der Waals surface area contributed by atoms with Crippen molar-refractivity contribution in [3.05, 3.63) is 155 Å². The van der Waals surface area contributed by atoms with Crippen molar-refractivity contribution in [2.24, 2.45) is 0 Å². The van der Waals surface area contributed by atoms with E-state index in [0.29, 0.717) is 10.8 Å². The molecule has 5 aromatic rings. The van der Waals surface area contributed by atoms with E-state index in [9.17, 15) is 22.4 Å². The Bertz CT molecular complexity index is 1980. The quantitative estimate of drug-likeness (QED) is 0.126. The first kappa shape index (κ1) is 35.9.